The lowest BCUT2D eigenvalue weighted by Crippen LogP contribution is -2.56. The molecule has 21 heavy (non-hydrogen) atoms. The standard InChI is InChI=1S/C11H7F7O2S/c1-5-2-3-21-8(5)6(19)4-7(20)9(12,13)10(14,15)11(16,17)18/h2-3H,4H2,1H3. The molecular weight excluding hydrogens is 329 g/mol. The third kappa shape index (κ3) is 3.09. The van der Waals surface area contributed by atoms with E-state index in [1.54, 1.807) is 0 Å². The average molecular weight is 336 g/mol. The van der Waals surface area contributed by atoms with E-state index in [2.05, 4.69) is 0 Å². The second-order valence-corrected chi connectivity index (χ2v) is 5.02. The van der Waals surface area contributed by atoms with Crippen molar-refractivity contribution in [1.82, 2.24) is 0 Å². The van der Waals surface area contributed by atoms with Crippen LogP contribution in [0.15, 0.2) is 11.4 Å². The summed E-state index contributed by atoms with van der Waals surface area (Å²) < 4.78 is 87.0. The van der Waals surface area contributed by atoms with Gasteiger partial charge in [0.25, 0.3) is 0 Å². The number of ketones is 2. The molecule has 1 aromatic rings. The minimum atomic E-state index is -6.60. The lowest BCUT2D eigenvalue weighted by Gasteiger charge is -2.26. The first-order valence-corrected chi connectivity index (χ1v) is 6.13. The van der Waals surface area contributed by atoms with E-state index in [4.69, 9.17) is 0 Å². The van der Waals surface area contributed by atoms with Gasteiger partial charge in [-0.15, -0.1) is 11.3 Å². The molecule has 10 heteroatoms. The van der Waals surface area contributed by atoms with E-state index in [1.165, 1.54) is 18.4 Å². The first-order chi connectivity index (χ1) is 9.32. The number of halogens is 7. The van der Waals surface area contributed by atoms with Gasteiger partial charge in [-0.05, 0) is 23.9 Å². The molecular formula is C11H7F7O2S. The van der Waals surface area contributed by atoms with E-state index < -0.39 is 36.0 Å². The first kappa shape index (κ1) is 17.6. The lowest BCUT2D eigenvalue weighted by atomic mass is 10.0. The van der Waals surface area contributed by atoms with E-state index in [1.807, 2.05) is 0 Å². The van der Waals surface area contributed by atoms with Crippen LogP contribution in [0.25, 0.3) is 0 Å². The number of alkyl halides is 7. The predicted molar refractivity (Wildman–Crippen MR) is 59.0 cm³/mol. The van der Waals surface area contributed by atoms with Crippen LogP contribution in [-0.2, 0) is 4.79 Å². The molecule has 2 nitrogen and oxygen atoms in total. The Hall–Kier alpha value is -1.45. The van der Waals surface area contributed by atoms with Crippen molar-refractivity contribution in [2.45, 2.75) is 31.4 Å². The molecule has 0 amide bonds. The average Bonchev–Trinajstić information content (AvgIpc) is 2.73. The zero-order chi connectivity index (χ0) is 16.6. The van der Waals surface area contributed by atoms with Crippen LogP contribution in [0.1, 0.15) is 21.7 Å². The van der Waals surface area contributed by atoms with Gasteiger partial charge in [-0.1, -0.05) is 0 Å². The first-order valence-electron chi connectivity index (χ1n) is 5.25. The predicted octanol–water partition coefficient (Wildman–Crippen LogP) is 4.03. The molecule has 118 valence electrons. The maximum Gasteiger partial charge on any atom is 0.460 e. The Bertz CT molecular complexity index is 559. The number of aryl methyl sites for hydroxylation is 1. The van der Waals surface area contributed by atoms with Crippen LogP contribution in [0, 0.1) is 6.92 Å². The summed E-state index contributed by atoms with van der Waals surface area (Å²) in [6.07, 6.45) is -8.34. The highest BCUT2D eigenvalue weighted by Crippen LogP contribution is 2.47. The minimum absolute atomic E-state index is 0.144. The van der Waals surface area contributed by atoms with Gasteiger partial charge in [0, 0.05) is 0 Å². The van der Waals surface area contributed by atoms with Crippen molar-refractivity contribution in [3.05, 3.63) is 21.9 Å². The molecule has 0 spiro atoms. The van der Waals surface area contributed by atoms with Gasteiger partial charge in [0.2, 0.25) is 5.78 Å². The van der Waals surface area contributed by atoms with Crippen LogP contribution in [-0.4, -0.2) is 29.6 Å². The Morgan fingerprint density at radius 2 is 1.62 bits per heavy atom. The van der Waals surface area contributed by atoms with Gasteiger partial charge in [-0.2, -0.15) is 30.7 Å². The normalized spacial score (nSPS) is 13.3. The van der Waals surface area contributed by atoms with Gasteiger partial charge in [-0.25, -0.2) is 0 Å². The van der Waals surface area contributed by atoms with Crippen molar-refractivity contribution in [3.63, 3.8) is 0 Å². The third-order valence-electron chi connectivity index (χ3n) is 2.54. The van der Waals surface area contributed by atoms with Gasteiger partial charge >= 0.3 is 18.0 Å². The molecule has 0 aliphatic rings. The molecule has 0 bridgehead atoms. The van der Waals surface area contributed by atoms with Crippen molar-refractivity contribution < 1.29 is 40.3 Å². The quantitative estimate of drug-likeness (QED) is 0.462. The Balaban J connectivity index is 2.98. The largest absolute Gasteiger partial charge is 0.460 e. The highest BCUT2D eigenvalue weighted by atomic mass is 32.1. The fourth-order valence-electron chi connectivity index (χ4n) is 1.35. The van der Waals surface area contributed by atoms with Crippen LogP contribution >= 0.6 is 11.3 Å². The fraction of sp³-hybridized carbons (Fsp3) is 0.455. The summed E-state index contributed by atoms with van der Waals surface area (Å²) >= 11 is 0.767. The van der Waals surface area contributed by atoms with Crippen LogP contribution in [0.5, 0.6) is 0 Å². The fourth-order valence-corrected chi connectivity index (χ4v) is 2.21. The highest BCUT2D eigenvalue weighted by molar-refractivity contribution is 7.12. The Labute approximate surface area is 117 Å². The maximum atomic E-state index is 13.0. The number of rotatable bonds is 5. The summed E-state index contributed by atoms with van der Waals surface area (Å²) in [6.45, 7) is 1.40. The van der Waals surface area contributed by atoms with E-state index in [0.29, 0.717) is 5.56 Å². The zero-order valence-corrected chi connectivity index (χ0v) is 11.0. The molecule has 0 aromatic carbocycles. The molecule has 1 aromatic heterocycles. The van der Waals surface area contributed by atoms with E-state index in [9.17, 15) is 40.3 Å². The van der Waals surface area contributed by atoms with Gasteiger partial charge in [-0.3, -0.25) is 9.59 Å². The molecule has 0 aliphatic carbocycles. The number of hydrogen-bond donors (Lipinski definition) is 0. The van der Waals surface area contributed by atoms with Gasteiger partial charge in [0.05, 0.1) is 11.3 Å². The molecule has 1 rings (SSSR count). The zero-order valence-electron chi connectivity index (χ0n) is 10.2. The number of thiophene rings is 1. The molecule has 0 fully saturated rings. The number of carbonyl (C=O) groups excluding carboxylic acids is 2. The molecule has 0 saturated carbocycles. The second-order valence-electron chi connectivity index (χ2n) is 4.10. The Kier molecular flexibility index (Phi) is 4.52. The number of carbonyl (C=O) groups is 2. The smallest absolute Gasteiger partial charge is 0.293 e. The van der Waals surface area contributed by atoms with Crippen molar-refractivity contribution in [2.75, 3.05) is 0 Å². The number of hydrogen-bond acceptors (Lipinski definition) is 3. The summed E-state index contributed by atoms with van der Waals surface area (Å²) in [6, 6.07) is 1.41. The van der Waals surface area contributed by atoms with E-state index >= 15 is 0 Å². The van der Waals surface area contributed by atoms with Crippen LogP contribution < -0.4 is 0 Å². The molecule has 0 N–H and O–H groups in total. The Morgan fingerprint density at radius 3 is 2.00 bits per heavy atom. The van der Waals surface area contributed by atoms with Crippen molar-refractivity contribution >= 4 is 22.9 Å². The van der Waals surface area contributed by atoms with E-state index in [-0.39, 0.29) is 4.88 Å². The van der Waals surface area contributed by atoms with Gasteiger partial charge in [0.1, 0.15) is 0 Å². The van der Waals surface area contributed by atoms with Gasteiger partial charge in [0.15, 0.2) is 5.78 Å². The van der Waals surface area contributed by atoms with Crippen molar-refractivity contribution in [2.24, 2.45) is 0 Å². The van der Waals surface area contributed by atoms with Gasteiger partial charge < -0.3 is 0 Å². The molecule has 0 aliphatic heterocycles. The molecule has 0 saturated heterocycles. The SMILES string of the molecule is Cc1ccsc1C(=O)CC(=O)C(F)(F)C(F)(F)C(F)(F)F. The van der Waals surface area contributed by atoms with Crippen LogP contribution in [0.3, 0.4) is 0 Å². The summed E-state index contributed by atoms with van der Waals surface area (Å²) in [5.74, 6) is -16.6. The van der Waals surface area contributed by atoms with Crippen molar-refractivity contribution in [1.29, 1.82) is 0 Å². The molecule has 1 heterocycles. The topological polar surface area (TPSA) is 34.1 Å². The van der Waals surface area contributed by atoms with E-state index in [0.717, 1.165) is 11.3 Å². The lowest BCUT2D eigenvalue weighted by molar-refractivity contribution is -0.343. The Morgan fingerprint density at radius 1 is 1.10 bits per heavy atom. The molecule has 0 unspecified atom stereocenters. The third-order valence-corrected chi connectivity index (χ3v) is 3.59. The van der Waals surface area contributed by atoms with Crippen molar-refractivity contribution in [3.8, 4) is 0 Å². The second kappa shape index (κ2) is 5.39. The summed E-state index contributed by atoms with van der Waals surface area (Å²) in [5.41, 5.74) is 0.309. The summed E-state index contributed by atoms with van der Waals surface area (Å²) in [4.78, 5) is 22.4. The minimum Gasteiger partial charge on any atom is -0.293 e. The number of Topliss-reactive ketones (excluding diaryl/α,β-unsaturated/α-hetero) is 2. The molecule has 0 atom stereocenters. The maximum absolute atomic E-state index is 13.0. The van der Waals surface area contributed by atoms with Crippen LogP contribution in [0.4, 0.5) is 30.7 Å². The molecule has 0 radical (unpaired) electrons. The monoisotopic (exact) mass is 336 g/mol. The summed E-state index contributed by atoms with van der Waals surface area (Å²) in [5, 5.41) is 1.38. The van der Waals surface area contributed by atoms with Crippen LogP contribution in [0.2, 0.25) is 0 Å². The summed E-state index contributed by atoms with van der Waals surface area (Å²) in [7, 11) is 0. The highest BCUT2D eigenvalue weighted by Gasteiger charge is 2.75.